The van der Waals surface area contributed by atoms with Crippen molar-refractivity contribution in [1.29, 1.82) is 0 Å². The molecule has 3 aromatic heterocycles. The standard InChI is InChI=1S/C15H14N4O3S2/c1-10-2-3-13(23-10)24(20,21)19-8-12(9-19)15-17-14(18-22-15)11-4-6-16-7-5-11/h2-7,12H,8-9H2,1H3. The van der Waals surface area contributed by atoms with E-state index in [4.69, 9.17) is 4.52 Å². The Labute approximate surface area is 143 Å². The van der Waals surface area contributed by atoms with E-state index in [-0.39, 0.29) is 5.92 Å². The van der Waals surface area contributed by atoms with Crippen LogP contribution in [0.1, 0.15) is 16.7 Å². The highest BCUT2D eigenvalue weighted by Crippen LogP contribution is 2.34. The van der Waals surface area contributed by atoms with Gasteiger partial charge >= 0.3 is 0 Å². The van der Waals surface area contributed by atoms with E-state index >= 15 is 0 Å². The van der Waals surface area contributed by atoms with E-state index in [9.17, 15) is 8.42 Å². The van der Waals surface area contributed by atoms with Crippen LogP contribution >= 0.6 is 11.3 Å². The first-order chi connectivity index (χ1) is 11.5. The Kier molecular flexibility index (Phi) is 3.70. The van der Waals surface area contributed by atoms with Crippen molar-refractivity contribution in [3.8, 4) is 11.4 Å². The summed E-state index contributed by atoms with van der Waals surface area (Å²) in [7, 11) is -3.41. The molecule has 4 heterocycles. The van der Waals surface area contributed by atoms with E-state index in [0.717, 1.165) is 10.4 Å². The average Bonchev–Trinajstić information content (AvgIpc) is 3.16. The van der Waals surface area contributed by atoms with Gasteiger partial charge in [-0.05, 0) is 31.2 Å². The van der Waals surface area contributed by atoms with Gasteiger partial charge in [0.05, 0.1) is 5.92 Å². The van der Waals surface area contributed by atoms with Crippen LogP contribution in [-0.2, 0) is 10.0 Å². The molecule has 9 heteroatoms. The Hall–Kier alpha value is -2.10. The van der Waals surface area contributed by atoms with Gasteiger partial charge in [0.1, 0.15) is 4.21 Å². The highest BCUT2D eigenvalue weighted by molar-refractivity contribution is 7.91. The van der Waals surface area contributed by atoms with Crippen LogP contribution in [0.25, 0.3) is 11.4 Å². The second-order valence-electron chi connectivity index (χ2n) is 5.58. The molecular formula is C15H14N4O3S2. The first-order valence-corrected chi connectivity index (χ1v) is 9.60. The Morgan fingerprint density at radius 1 is 1.21 bits per heavy atom. The van der Waals surface area contributed by atoms with Crippen LogP contribution in [0.3, 0.4) is 0 Å². The van der Waals surface area contributed by atoms with Gasteiger partial charge in [-0.3, -0.25) is 4.98 Å². The zero-order chi connectivity index (χ0) is 16.7. The zero-order valence-corrected chi connectivity index (χ0v) is 14.4. The molecule has 1 fully saturated rings. The van der Waals surface area contributed by atoms with Gasteiger partial charge in [0.15, 0.2) is 0 Å². The molecule has 0 saturated carbocycles. The predicted octanol–water partition coefficient (Wildman–Crippen LogP) is 2.29. The lowest BCUT2D eigenvalue weighted by atomic mass is 10.0. The van der Waals surface area contributed by atoms with E-state index in [1.54, 1.807) is 30.6 Å². The summed E-state index contributed by atoms with van der Waals surface area (Å²) in [4.78, 5) is 9.30. The summed E-state index contributed by atoms with van der Waals surface area (Å²) in [5.74, 6) is 0.891. The summed E-state index contributed by atoms with van der Waals surface area (Å²) in [6.45, 7) is 2.61. The number of sulfonamides is 1. The van der Waals surface area contributed by atoms with Crippen LogP contribution in [0.2, 0.25) is 0 Å². The van der Waals surface area contributed by atoms with Crippen LogP contribution in [0.5, 0.6) is 0 Å². The molecule has 1 saturated heterocycles. The molecule has 0 spiro atoms. The lowest BCUT2D eigenvalue weighted by Crippen LogP contribution is -2.48. The minimum absolute atomic E-state index is 0.0658. The van der Waals surface area contributed by atoms with Crippen LogP contribution in [0.4, 0.5) is 0 Å². The third-order valence-electron chi connectivity index (χ3n) is 3.89. The van der Waals surface area contributed by atoms with Gasteiger partial charge in [0, 0.05) is 35.9 Å². The maximum atomic E-state index is 12.5. The number of aromatic nitrogens is 3. The largest absolute Gasteiger partial charge is 0.339 e. The molecule has 24 heavy (non-hydrogen) atoms. The summed E-state index contributed by atoms with van der Waals surface area (Å²) in [6, 6.07) is 7.06. The molecule has 1 aliphatic rings. The van der Waals surface area contributed by atoms with Crippen molar-refractivity contribution >= 4 is 21.4 Å². The van der Waals surface area contributed by atoms with Gasteiger partial charge in [-0.2, -0.15) is 9.29 Å². The summed E-state index contributed by atoms with van der Waals surface area (Å²) in [6.07, 6.45) is 3.32. The normalized spacial score (nSPS) is 16.2. The quantitative estimate of drug-likeness (QED) is 0.707. The number of nitrogens with zero attached hydrogens (tertiary/aromatic N) is 4. The number of hydrogen-bond donors (Lipinski definition) is 0. The van der Waals surface area contributed by atoms with Gasteiger partial charge in [-0.15, -0.1) is 11.3 Å². The van der Waals surface area contributed by atoms with Gasteiger partial charge in [-0.1, -0.05) is 5.16 Å². The van der Waals surface area contributed by atoms with E-state index in [1.165, 1.54) is 15.6 Å². The summed E-state index contributed by atoms with van der Waals surface area (Å²) in [5, 5.41) is 3.96. The van der Waals surface area contributed by atoms with E-state index < -0.39 is 10.0 Å². The highest BCUT2D eigenvalue weighted by atomic mass is 32.2. The molecule has 0 atom stereocenters. The fourth-order valence-electron chi connectivity index (χ4n) is 2.49. The third kappa shape index (κ3) is 2.64. The molecule has 124 valence electrons. The minimum Gasteiger partial charge on any atom is -0.339 e. The van der Waals surface area contributed by atoms with Crippen LogP contribution in [-0.4, -0.2) is 40.9 Å². The van der Waals surface area contributed by atoms with Crippen molar-refractivity contribution in [2.24, 2.45) is 0 Å². The van der Waals surface area contributed by atoms with Crippen molar-refractivity contribution in [2.45, 2.75) is 17.1 Å². The van der Waals surface area contributed by atoms with Crippen molar-refractivity contribution < 1.29 is 12.9 Å². The highest BCUT2D eigenvalue weighted by Gasteiger charge is 2.40. The van der Waals surface area contributed by atoms with Crippen molar-refractivity contribution in [3.05, 3.63) is 47.4 Å². The van der Waals surface area contributed by atoms with Gasteiger partial charge in [0.2, 0.25) is 11.7 Å². The summed E-state index contributed by atoms with van der Waals surface area (Å²) < 4.78 is 32.1. The van der Waals surface area contributed by atoms with E-state index in [2.05, 4.69) is 15.1 Å². The molecule has 1 aliphatic heterocycles. The van der Waals surface area contributed by atoms with Crippen LogP contribution in [0, 0.1) is 6.92 Å². The number of rotatable bonds is 4. The molecule has 0 radical (unpaired) electrons. The fraction of sp³-hybridized carbons (Fsp3) is 0.267. The number of pyridine rings is 1. The molecule has 0 bridgehead atoms. The van der Waals surface area contributed by atoms with Crippen molar-refractivity contribution in [2.75, 3.05) is 13.1 Å². The first-order valence-electron chi connectivity index (χ1n) is 7.34. The molecule has 0 aromatic carbocycles. The van der Waals surface area contributed by atoms with Crippen LogP contribution < -0.4 is 0 Å². The SMILES string of the molecule is Cc1ccc(S(=O)(=O)N2CC(c3nc(-c4ccncc4)no3)C2)s1. The predicted molar refractivity (Wildman–Crippen MR) is 88.1 cm³/mol. The topological polar surface area (TPSA) is 89.2 Å². The molecule has 7 nitrogen and oxygen atoms in total. The number of thiophene rings is 1. The third-order valence-corrected chi connectivity index (χ3v) is 7.19. The second kappa shape index (κ2) is 5.76. The summed E-state index contributed by atoms with van der Waals surface area (Å²) >= 11 is 1.28. The smallest absolute Gasteiger partial charge is 0.252 e. The fourth-order valence-corrected chi connectivity index (χ4v) is 5.46. The van der Waals surface area contributed by atoms with Crippen molar-refractivity contribution in [3.63, 3.8) is 0 Å². The molecule has 4 rings (SSSR count). The minimum atomic E-state index is -3.41. The molecule has 0 amide bonds. The Morgan fingerprint density at radius 2 is 1.96 bits per heavy atom. The molecule has 0 N–H and O–H groups in total. The zero-order valence-electron chi connectivity index (χ0n) is 12.8. The molecule has 0 aliphatic carbocycles. The number of hydrogen-bond acceptors (Lipinski definition) is 7. The molecular weight excluding hydrogens is 348 g/mol. The van der Waals surface area contributed by atoms with Crippen molar-refractivity contribution in [1.82, 2.24) is 19.4 Å². The maximum Gasteiger partial charge on any atom is 0.252 e. The van der Waals surface area contributed by atoms with E-state index in [0.29, 0.717) is 29.0 Å². The van der Waals surface area contributed by atoms with Gasteiger partial charge in [0.25, 0.3) is 10.0 Å². The number of aryl methyl sites for hydroxylation is 1. The Balaban J connectivity index is 1.47. The Morgan fingerprint density at radius 3 is 2.62 bits per heavy atom. The average molecular weight is 362 g/mol. The lowest BCUT2D eigenvalue weighted by Gasteiger charge is -2.35. The van der Waals surface area contributed by atoms with Gasteiger partial charge in [-0.25, -0.2) is 8.42 Å². The first kappa shape index (κ1) is 15.4. The Bertz CT molecular complexity index is 960. The maximum absolute atomic E-state index is 12.5. The molecule has 3 aromatic rings. The molecule has 0 unspecified atom stereocenters. The summed E-state index contributed by atoms with van der Waals surface area (Å²) in [5.41, 5.74) is 0.817. The van der Waals surface area contributed by atoms with Gasteiger partial charge < -0.3 is 4.52 Å². The van der Waals surface area contributed by atoms with E-state index in [1.807, 2.05) is 13.0 Å². The monoisotopic (exact) mass is 362 g/mol. The second-order valence-corrected chi connectivity index (χ2v) is 9.03. The lowest BCUT2D eigenvalue weighted by molar-refractivity contribution is 0.217. The van der Waals surface area contributed by atoms with Crippen LogP contribution in [0.15, 0.2) is 45.4 Å².